The van der Waals surface area contributed by atoms with Gasteiger partial charge in [-0.15, -0.1) is 0 Å². The van der Waals surface area contributed by atoms with Crippen LogP contribution in [0.5, 0.6) is 0 Å². The highest BCUT2D eigenvalue weighted by Crippen LogP contribution is 2.21. The molecule has 0 fully saturated rings. The summed E-state index contributed by atoms with van der Waals surface area (Å²) in [5.41, 5.74) is -0.538. The molecule has 0 aliphatic carbocycles. The third-order valence-electron chi connectivity index (χ3n) is 1.71. The fourth-order valence-electron chi connectivity index (χ4n) is 1.06. The van der Waals surface area contributed by atoms with Gasteiger partial charge in [0.15, 0.2) is 0 Å². The molecular weight excluding hydrogens is 270 g/mol. The monoisotopic (exact) mass is 285 g/mol. The van der Waals surface area contributed by atoms with Crippen molar-refractivity contribution in [3.8, 4) is 0 Å². The fourth-order valence-corrected chi connectivity index (χ4v) is 1.72. The van der Waals surface area contributed by atoms with Crippen LogP contribution in [0.4, 0.5) is 9.80 Å². The van der Waals surface area contributed by atoms with E-state index in [1.54, 1.807) is 32.9 Å². The van der Waals surface area contributed by atoms with Crippen LogP contribution in [0.3, 0.4) is 0 Å². The standard InChI is InChI=1S/C11H15N3O4S/c1-11(2,3)18-10(15)12-6-4-5-8-13-7-9(19-8)14(16)17/h4-5,7H,6H2,1-3H3,(H,12,15). The Bertz CT molecular complexity index is 490. The largest absolute Gasteiger partial charge is 0.444 e. The number of nitrogens with zero attached hydrogens (tertiary/aromatic N) is 2. The quantitative estimate of drug-likeness (QED) is 0.677. The van der Waals surface area contributed by atoms with E-state index in [1.165, 1.54) is 6.20 Å². The summed E-state index contributed by atoms with van der Waals surface area (Å²) in [5, 5.41) is 13.5. The Morgan fingerprint density at radius 1 is 1.63 bits per heavy atom. The number of rotatable bonds is 4. The first-order valence-electron chi connectivity index (χ1n) is 5.51. The molecule has 0 saturated heterocycles. The van der Waals surface area contributed by atoms with E-state index in [4.69, 9.17) is 4.74 Å². The van der Waals surface area contributed by atoms with Crippen molar-refractivity contribution in [1.82, 2.24) is 10.3 Å². The van der Waals surface area contributed by atoms with Crippen LogP contribution in [0, 0.1) is 10.1 Å². The van der Waals surface area contributed by atoms with Gasteiger partial charge in [0.25, 0.3) is 0 Å². The predicted octanol–water partition coefficient (Wildman–Crippen LogP) is 2.59. The third-order valence-corrected chi connectivity index (χ3v) is 2.63. The Morgan fingerprint density at radius 3 is 2.84 bits per heavy atom. The number of alkyl carbamates (subject to hydrolysis) is 1. The minimum Gasteiger partial charge on any atom is -0.444 e. The average Bonchev–Trinajstić information content (AvgIpc) is 2.70. The maximum absolute atomic E-state index is 11.3. The van der Waals surface area contributed by atoms with E-state index in [0.717, 1.165) is 11.3 Å². The maximum Gasteiger partial charge on any atom is 0.407 e. The molecule has 1 amide bonds. The molecule has 0 aromatic carbocycles. The second kappa shape index (κ2) is 6.28. The zero-order chi connectivity index (χ0) is 14.5. The Labute approximate surface area is 114 Å². The van der Waals surface area contributed by atoms with Gasteiger partial charge in [0.2, 0.25) is 0 Å². The molecule has 0 aliphatic rings. The highest BCUT2D eigenvalue weighted by molar-refractivity contribution is 7.15. The van der Waals surface area contributed by atoms with Crippen LogP contribution in [0.15, 0.2) is 12.3 Å². The van der Waals surface area contributed by atoms with Gasteiger partial charge in [-0.25, -0.2) is 9.78 Å². The molecule has 0 saturated carbocycles. The molecular formula is C11H15N3O4S. The van der Waals surface area contributed by atoms with Gasteiger partial charge < -0.3 is 10.1 Å². The number of nitro groups is 1. The summed E-state index contributed by atoms with van der Waals surface area (Å²) in [6, 6.07) is 0. The molecule has 8 heteroatoms. The molecule has 0 atom stereocenters. The highest BCUT2D eigenvalue weighted by atomic mass is 32.1. The highest BCUT2D eigenvalue weighted by Gasteiger charge is 2.15. The first-order chi connectivity index (χ1) is 8.78. The Morgan fingerprint density at radius 2 is 2.32 bits per heavy atom. The van der Waals surface area contributed by atoms with Crippen molar-refractivity contribution < 1.29 is 14.5 Å². The first-order valence-corrected chi connectivity index (χ1v) is 6.33. The summed E-state index contributed by atoms with van der Waals surface area (Å²) < 4.78 is 5.04. The summed E-state index contributed by atoms with van der Waals surface area (Å²) in [6.45, 7) is 5.59. The van der Waals surface area contributed by atoms with Crippen molar-refractivity contribution in [1.29, 1.82) is 0 Å². The lowest BCUT2D eigenvalue weighted by molar-refractivity contribution is -0.380. The van der Waals surface area contributed by atoms with Gasteiger partial charge in [0.05, 0.1) is 4.92 Å². The van der Waals surface area contributed by atoms with Crippen molar-refractivity contribution in [3.05, 3.63) is 27.4 Å². The van der Waals surface area contributed by atoms with Crippen molar-refractivity contribution in [3.63, 3.8) is 0 Å². The van der Waals surface area contributed by atoms with Crippen LogP contribution in [-0.2, 0) is 4.74 Å². The summed E-state index contributed by atoms with van der Waals surface area (Å²) in [7, 11) is 0. The van der Waals surface area contributed by atoms with Crippen LogP contribution in [-0.4, -0.2) is 28.1 Å². The van der Waals surface area contributed by atoms with E-state index in [9.17, 15) is 14.9 Å². The van der Waals surface area contributed by atoms with Crippen molar-refractivity contribution >= 4 is 28.5 Å². The smallest absolute Gasteiger partial charge is 0.407 e. The van der Waals surface area contributed by atoms with Crippen LogP contribution < -0.4 is 5.32 Å². The van der Waals surface area contributed by atoms with Crippen molar-refractivity contribution in [2.75, 3.05) is 6.54 Å². The second-order valence-electron chi connectivity index (χ2n) is 4.58. The van der Waals surface area contributed by atoms with E-state index in [0.29, 0.717) is 5.01 Å². The minimum absolute atomic E-state index is 0.0141. The van der Waals surface area contributed by atoms with Crippen LogP contribution >= 0.6 is 11.3 Å². The van der Waals surface area contributed by atoms with Gasteiger partial charge in [-0.1, -0.05) is 6.08 Å². The zero-order valence-corrected chi connectivity index (χ0v) is 11.7. The maximum atomic E-state index is 11.3. The molecule has 1 rings (SSSR count). The number of nitrogens with one attached hydrogen (secondary N) is 1. The van der Waals surface area contributed by atoms with Crippen LogP contribution in [0.2, 0.25) is 0 Å². The average molecular weight is 285 g/mol. The topological polar surface area (TPSA) is 94.4 Å². The second-order valence-corrected chi connectivity index (χ2v) is 5.62. The Hall–Kier alpha value is -1.96. The number of hydrogen-bond acceptors (Lipinski definition) is 6. The normalized spacial score (nSPS) is 11.5. The number of thiazole rings is 1. The molecule has 1 N–H and O–H groups in total. The summed E-state index contributed by atoms with van der Waals surface area (Å²) in [5.74, 6) is 0. The van der Waals surface area contributed by atoms with Gasteiger partial charge in [-0.3, -0.25) is 10.1 Å². The van der Waals surface area contributed by atoms with E-state index >= 15 is 0 Å². The molecule has 0 bridgehead atoms. The Kier molecular flexibility index (Phi) is 4.99. The number of ether oxygens (including phenoxy) is 1. The number of carbonyl (C=O) groups is 1. The lowest BCUT2D eigenvalue weighted by Gasteiger charge is -2.19. The fraction of sp³-hybridized carbons (Fsp3) is 0.455. The molecule has 1 aromatic rings. The number of aromatic nitrogens is 1. The van der Waals surface area contributed by atoms with E-state index in [2.05, 4.69) is 10.3 Å². The van der Waals surface area contributed by atoms with Crippen molar-refractivity contribution in [2.24, 2.45) is 0 Å². The summed E-state index contributed by atoms with van der Waals surface area (Å²) in [4.78, 5) is 25.1. The zero-order valence-electron chi connectivity index (χ0n) is 10.9. The molecule has 0 unspecified atom stereocenters. The molecule has 0 aliphatic heterocycles. The van der Waals surface area contributed by atoms with Gasteiger partial charge in [0.1, 0.15) is 16.8 Å². The molecule has 0 radical (unpaired) electrons. The van der Waals surface area contributed by atoms with Crippen LogP contribution in [0.1, 0.15) is 25.8 Å². The Balaban J connectivity index is 2.38. The SMILES string of the molecule is CC(C)(C)OC(=O)NCC=Cc1ncc([N+](=O)[O-])s1. The number of carbonyl (C=O) groups excluding carboxylic acids is 1. The molecule has 0 spiro atoms. The molecule has 104 valence electrons. The van der Waals surface area contributed by atoms with Gasteiger partial charge >= 0.3 is 11.1 Å². The molecule has 19 heavy (non-hydrogen) atoms. The van der Waals surface area contributed by atoms with E-state index in [-0.39, 0.29) is 11.5 Å². The van der Waals surface area contributed by atoms with Crippen molar-refractivity contribution in [2.45, 2.75) is 26.4 Å². The lowest BCUT2D eigenvalue weighted by atomic mass is 10.2. The third kappa shape index (κ3) is 5.96. The summed E-state index contributed by atoms with van der Waals surface area (Å²) in [6.07, 6.45) is 3.94. The van der Waals surface area contributed by atoms with Gasteiger partial charge in [0, 0.05) is 6.54 Å². The molecule has 7 nitrogen and oxygen atoms in total. The summed E-state index contributed by atoms with van der Waals surface area (Å²) >= 11 is 0.969. The van der Waals surface area contributed by atoms with E-state index in [1.807, 2.05) is 0 Å². The van der Waals surface area contributed by atoms with E-state index < -0.39 is 16.6 Å². The van der Waals surface area contributed by atoms with Crippen LogP contribution in [0.25, 0.3) is 6.08 Å². The lowest BCUT2D eigenvalue weighted by Crippen LogP contribution is -2.32. The van der Waals surface area contributed by atoms with Gasteiger partial charge in [-0.05, 0) is 38.2 Å². The minimum atomic E-state index is -0.538. The number of amides is 1. The number of hydrogen-bond donors (Lipinski definition) is 1. The van der Waals surface area contributed by atoms with Gasteiger partial charge in [-0.2, -0.15) is 0 Å². The molecule has 1 heterocycles. The predicted molar refractivity (Wildman–Crippen MR) is 72.0 cm³/mol. The molecule has 1 aromatic heterocycles. The first kappa shape index (κ1) is 15.1.